The first-order valence-corrected chi connectivity index (χ1v) is 16.3. The fourth-order valence-electron chi connectivity index (χ4n) is 4.75. The van der Waals surface area contributed by atoms with Gasteiger partial charge in [-0.2, -0.15) is 0 Å². The van der Waals surface area contributed by atoms with Gasteiger partial charge >= 0.3 is 0 Å². The highest BCUT2D eigenvalue weighted by atomic mass is 79.9. The maximum absolute atomic E-state index is 14.4. The van der Waals surface area contributed by atoms with Crippen LogP contribution in [0.2, 0.25) is 0 Å². The van der Waals surface area contributed by atoms with Gasteiger partial charge in [0.15, 0.2) is 0 Å². The molecule has 9 heteroatoms. The Kier molecular flexibility index (Phi) is 10.8. The number of carbonyl (C=O) groups is 2. The minimum absolute atomic E-state index is 0.0714. The van der Waals surface area contributed by atoms with E-state index in [1.165, 1.54) is 17.0 Å². The van der Waals surface area contributed by atoms with Gasteiger partial charge in [-0.3, -0.25) is 13.9 Å². The summed E-state index contributed by atoms with van der Waals surface area (Å²) in [6.45, 7) is 5.22. The van der Waals surface area contributed by atoms with Crippen molar-refractivity contribution in [2.24, 2.45) is 0 Å². The molecule has 0 aromatic heterocycles. The number of carbonyl (C=O) groups excluding carboxylic acids is 2. The summed E-state index contributed by atoms with van der Waals surface area (Å²) < 4.78 is 30.0. The van der Waals surface area contributed by atoms with Gasteiger partial charge in [-0.15, -0.1) is 0 Å². The first-order chi connectivity index (χ1) is 20.5. The molecule has 0 aliphatic carbocycles. The van der Waals surface area contributed by atoms with E-state index in [-0.39, 0.29) is 29.8 Å². The van der Waals surface area contributed by atoms with Crippen LogP contribution in [0.4, 0.5) is 5.69 Å². The minimum Gasteiger partial charge on any atom is -0.352 e. The summed E-state index contributed by atoms with van der Waals surface area (Å²) in [5.74, 6) is -0.805. The van der Waals surface area contributed by atoms with Crippen LogP contribution in [0.25, 0.3) is 0 Å². The molecule has 4 aromatic rings. The summed E-state index contributed by atoms with van der Waals surface area (Å²) in [6.07, 6.45) is 0.261. The average molecular weight is 663 g/mol. The zero-order valence-corrected chi connectivity index (χ0v) is 26.9. The third kappa shape index (κ3) is 8.55. The van der Waals surface area contributed by atoms with E-state index in [1.54, 1.807) is 36.4 Å². The van der Waals surface area contributed by atoms with E-state index in [2.05, 4.69) is 21.2 Å². The van der Waals surface area contributed by atoms with Crippen LogP contribution in [-0.4, -0.2) is 43.8 Å². The van der Waals surface area contributed by atoms with E-state index < -0.39 is 28.5 Å². The van der Waals surface area contributed by atoms with Crippen LogP contribution >= 0.6 is 15.9 Å². The van der Waals surface area contributed by atoms with E-state index in [1.807, 2.05) is 81.4 Å². The highest BCUT2D eigenvalue weighted by molar-refractivity contribution is 9.10. The van der Waals surface area contributed by atoms with Crippen LogP contribution < -0.4 is 9.62 Å². The van der Waals surface area contributed by atoms with Crippen LogP contribution in [-0.2, 0) is 32.6 Å². The number of benzene rings is 4. The molecule has 0 saturated carbocycles. The zero-order chi connectivity index (χ0) is 31.0. The van der Waals surface area contributed by atoms with Crippen molar-refractivity contribution in [2.45, 2.75) is 50.7 Å². The molecule has 0 heterocycles. The summed E-state index contributed by atoms with van der Waals surface area (Å²) in [5, 5.41) is 2.97. The molecule has 4 rings (SSSR count). The molecule has 1 atom stereocenters. The highest BCUT2D eigenvalue weighted by Crippen LogP contribution is 2.26. The first-order valence-electron chi connectivity index (χ1n) is 14.1. The molecule has 2 amide bonds. The second-order valence-corrected chi connectivity index (χ2v) is 13.5. The lowest BCUT2D eigenvalue weighted by atomic mass is 10.0. The fourth-order valence-corrected chi connectivity index (χ4v) is 6.44. The predicted octanol–water partition coefficient (Wildman–Crippen LogP) is 6.12. The second kappa shape index (κ2) is 14.5. The van der Waals surface area contributed by atoms with E-state index in [0.717, 1.165) is 25.5 Å². The number of aryl methyl sites for hydroxylation is 1. The van der Waals surface area contributed by atoms with Crippen molar-refractivity contribution in [3.8, 4) is 0 Å². The summed E-state index contributed by atoms with van der Waals surface area (Å²) in [6, 6.07) is 31.0. The molecule has 224 valence electrons. The Morgan fingerprint density at radius 2 is 1.44 bits per heavy atom. The van der Waals surface area contributed by atoms with Crippen LogP contribution in [0.5, 0.6) is 0 Å². The summed E-state index contributed by atoms with van der Waals surface area (Å²) >= 11 is 3.45. The number of nitrogens with one attached hydrogen (secondary N) is 1. The first kappa shape index (κ1) is 32.0. The smallest absolute Gasteiger partial charge is 0.264 e. The Bertz CT molecular complexity index is 1630. The molecule has 1 N–H and O–H groups in total. The lowest BCUT2D eigenvalue weighted by Gasteiger charge is -2.34. The number of nitrogens with zero attached hydrogens (tertiary/aromatic N) is 2. The minimum atomic E-state index is -4.12. The number of halogens is 1. The molecule has 0 aliphatic heterocycles. The molecule has 0 spiro atoms. The quantitative estimate of drug-likeness (QED) is 0.198. The number of rotatable bonds is 12. The Morgan fingerprint density at radius 3 is 2.05 bits per heavy atom. The number of sulfonamides is 1. The fraction of sp³-hybridized carbons (Fsp3) is 0.235. The standard InChI is InChI=1S/C34H36BrN3O4S/c1-25(2)36-34(40)32(22-27-12-6-4-7-13-27)37(23-28-17-19-29(35)20-18-28)33(39)24-38(30-14-10-11-26(3)21-30)43(41,42)31-15-8-5-9-16-31/h4-21,25,32H,22-24H2,1-3H3,(H,36,40). The maximum Gasteiger partial charge on any atom is 0.264 e. The van der Waals surface area contributed by atoms with Crippen molar-refractivity contribution in [3.05, 3.63) is 130 Å². The zero-order valence-electron chi connectivity index (χ0n) is 24.5. The largest absolute Gasteiger partial charge is 0.352 e. The van der Waals surface area contributed by atoms with Crippen LogP contribution in [0.15, 0.2) is 119 Å². The number of anilines is 1. The predicted molar refractivity (Wildman–Crippen MR) is 174 cm³/mol. The summed E-state index contributed by atoms with van der Waals surface area (Å²) in [5.41, 5.74) is 2.91. The van der Waals surface area contributed by atoms with Gasteiger partial charge in [0.1, 0.15) is 12.6 Å². The molecule has 0 aliphatic rings. The van der Waals surface area contributed by atoms with Gasteiger partial charge in [0.2, 0.25) is 11.8 Å². The third-order valence-corrected chi connectivity index (χ3v) is 9.18. The van der Waals surface area contributed by atoms with Gasteiger partial charge in [-0.05, 0) is 73.9 Å². The van der Waals surface area contributed by atoms with E-state index in [9.17, 15) is 18.0 Å². The molecule has 0 radical (unpaired) electrons. The lowest BCUT2D eigenvalue weighted by molar-refractivity contribution is -0.140. The number of hydrogen-bond acceptors (Lipinski definition) is 4. The van der Waals surface area contributed by atoms with Crippen molar-refractivity contribution in [1.82, 2.24) is 10.2 Å². The van der Waals surface area contributed by atoms with E-state index in [0.29, 0.717) is 5.69 Å². The molecule has 7 nitrogen and oxygen atoms in total. The van der Waals surface area contributed by atoms with Gasteiger partial charge < -0.3 is 10.2 Å². The molecular weight excluding hydrogens is 626 g/mol. The summed E-state index contributed by atoms with van der Waals surface area (Å²) in [4.78, 5) is 29.7. The van der Waals surface area contributed by atoms with Gasteiger partial charge in [-0.25, -0.2) is 8.42 Å². The third-order valence-electron chi connectivity index (χ3n) is 6.87. The van der Waals surface area contributed by atoms with Gasteiger partial charge in [0, 0.05) is 23.5 Å². The normalized spacial score (nSPS) is 12.0. The Morgan fingerprint density at radius 1 is 0.814 bits per heavy atom. The van der Waals surface area contributed by atoms with Crippen molar-refractivity contribution < 1.29 is 18.0 Å². The van der Waals surface area contributed by atoms with Gasteiger partial charge in [0.25, 0.3) is 10.0 Å². The molecule has 0 fully saturated rings. The van der Waals surface area contributed by atoms with Crippen molar-refractivity contribution in [1.29, 1.82) is 0 Å². The van der Waals surface area contributed by atoms with Crippen LogP contribution in [0, 0.1) is 6.92 Å². The SMILES string of the molecule is Cc1cccc(N(CC(=O)N(Cc2ccc(Br)cc2)C(Cc2ccccc2)C(=O)NC(C)C)S(=O)(=O)c2ccccc2)c1. The van der Waals surface area contributed by atoms with Crippen molar-refractivity contribution >= 4 is 43.5 Å². The number of hydrogen-bond donors (Lipinski definition) is 1. The van der Waals surface area contributed by atoms with E-state index >= 15 is 0 Å². The summed E-state index contributed by atoms with van der Waals surface area (Å²) in [7, 11) is -4.12. The monoisotopic (exact) mass is 661 g/mol. The van der Waals surface area contributed by atoms with Crippen molar-refractivity contribution in [2.75, 3.05) is 10.8 Å². The average Bonchev–Trinajstić information content (AvgIpc) is 2.99. The Balaban J connectivity index is 1.80. The molecule has 43 heavy (non-hydrogen) atoms. The van der Waals surface area contributed by atoms with E-state index in [4.69, 9.17) is 0 Å². The highest BCUT2D eigenvalue weighted by Gasteiger charge is 2.34. The van der Waals surface area contributed by atoms with Gasteiger partial charge in [0.05, 0.1) is 10.6 Å². The van der Waals surface area contributed by atoms with Crippen LogP contribution in [0.1, 0.15) is 30.5 Å². The molecule has 0 saturated heterocycles. The van der Waals surface area contributed by atoms with Crippen molar-refractivity contribution in [3.63, 3.8) is 0 Å². The topological polar surface area (TPSA) is 86.8 Å². The lowest BCUT2D eigenvalue weighted by Crippen LogP contribution is -2.54. The van der Waals surface area contributed by atoms with Gasteiger partial charge in [-0.1, -0.05) is 88.7 Å². The molecule has 1 unspecified atom stereocenters. The molecular formula is C34H36BrN3O4S. The maximum atomic E-state index is 14.4. The number of amides is 2. The molecule has 0 bridgehead atoms. The Labute approximate surface area is 262 Å². The Hall–Kier alpha value is -3.95. The molecule has 4 aromatic carbocycles. The van der Waals surface area contributed by atoms with Crippen LogP contribution in [0.3, 0.4) is 0 Å². The second-order valence-electron chi connectivity index (χ2n) is 10.7.